The van der Waals surface area contributed by atoms with Crippen LogP contribution in [0.5, 0.6) is 0 Å². The van der Waals surface area contributed by atoms with Crippen LogP contribution in [0.25, 0.3) is 6.08 Å². The zero-order valence-corrected chi connectivity index (χ0v) is 23.0. The molecule has 7 nitrogen and oxygen atoms in total. The summed E-state index contributed by atoms with van der Waals surface area (Å²) in [6, 6.07) is 21.3. The number of amides is 1. The molecule has 1 N–H and O–H groups in total. The topological polar surface area (TPSA) is 82.1 Å². The number of hydrogen-bond acceptors (Lipinski definition) is 6. The van der Waals surface area contributed by atoms with E-state index in [2.05, 4.69) is 47.7 Å². The van der Waals surface area contributed by atoms with E-state index in [0.717, 1.165) is 23.5 Å². The second-order valence-electron chi connectivity index (χ2n) is 8.87. The Kier molecular flexibility index (Phi) is 7.14. The maximum absolute atomic E-state index is 13.4. The minimum absolute atomic E-state index is 0.0721. The number of nitrogens with zero attached hydrogens (tertiary/aromatic N) is 3. The lowest BCUT2D eigenvalue weighted by molar-refractivity contribution is -0.122. The van der Waals surface area contributed by atoms with Gasteiger partial charge in [-0.1, -0.05) is 35.9 Å². The van der Waals surface area contributed by atoms with E-state index in [0.29, 0.717) is 28.0 Å². The maximum Gasteiger partial charge on any atom is 0.268 e. The Labute approximate surface area is 227 Å². The number of benzene rings is 3. The van der Waals surface area contributed by atoms with Gasteiger partial charge in [0.1, 0.15) is 4.91 Å². The number of anilines is 2. The van der Waals surface area contributed by atoms with Gasteiger partial charge in [-0.2, -0.15) is 0 Å². The third-order valence-electron chi connectivity index (χ3n) is 6.31. The predicted octanol–water partition coefficient (Wildman–Crippen LogP) is 6.14. The lowest BCUT2D eigenvalue weighted by Gasteiger charge is -2.30. The van der Waals surface area contributed by atoms with Crippen molar-refractivity contribution in [2.45, 2.75) is 25.7 Å². The Morgan fingerprint density at radius 2 is 1.61 bits per heavy atom. The quantitative estimate of drug-likeness (QED) is 0.377. The number of likely N-dealkylation sites (N-methyl/N-ethyl adjacent to an activating group) is 2. The molecular weight excluding hydrogens is 516 g/mol. The van der Waals surface area contributed by atoms with E-state index < -0.39 is 10.0 Å². The fraction of sp³-hybridized carbons (Fsp3) is 0.172. The molecule has 194 valence electrons. The molecule has 1 amide bonds. The molecule has 0 spiro atoms. The van der Waals surface area contributed by atoms with Crippen molar-refractivity contribution in [1.82, 2.24) is 4.90 Å². The van der Waals surface area contributed by atoms with E-state index in [1.54, 1.807) is 59.5 Å². The number of carbonyl (C=O) groups is 1. The molecule has 0 unspecified atom stereocenters. The highest BCUT2D eigenvalue weighted by Crippen LogP contribution is 2.40. The molecule has 0 aliphatic carbocycles. The number of fused-ring (bicyclic) bond motifs is 1. The zero-order valence-electron chi connectivity index (χ0n) is 21.4. The first-order valence-corrected chi connectivity index (χ1v) is 14.7. The van der Waals surface area contributed by atoms with Gasteiger partial charge in [-0.3, -0.25) is 14.4 Å². The number of allylic oxidation sites excluding steroid dienone is 1. The molecule has 2 heterocycles. The van der Waals surface area contributed by atoms with Crippen LogP contribution in [0.2, 0.25) is 0 Å². The molecular formula is C29H28N4O3S2. The van der Waals surface area contributed by atoms with Crippen LogP contribution in [0.3, 0.4) is 0 Å². The first-order chi connectivity index (χ1) is 18.3. The van der Waals surface area contributed by atoms with Crippen molar-refractivity contribution in [3.8, 4) is 0 Å². The largest absolute Gasteiger partial charge is 0.340 e. The van der Waals surface area contributed by atoms with Gasteiger partial charge in [0.15, 0.2) is 5.17 Å². The molecule has 1 saturated heterocycles. The molecule has 0 atom stereocenters. The van der Waals surface area contributed by atoms with Crippen molar-refractivity contribution >= 4 is 56.0 Å². The number of carbonyl (C=O) groups excluding carboxylic acids is 1. The summed E-state index contributed by atoms with van der Waals surface area (Å²) in [5.41, 5.74) is 5.34. The summed E-state index contributed by atoms with van der Waals surface area (Å²) in [6.07, 6.45) is 4.07. The van der Waals surface area contributed by atoms with Crippen molar-refractivity contribution < 1.29 is 13.2 Å². The van der Waals surface area contributed by atoms with Crippen LogP contribution < -0.4 is 9.62 Å². The first kappa shape index (κ1) is 25.8. The van der Waals surface area contributed by atoms with Gasteiger partial charge < -0.3 is 4.90 Å². The third kappa shape index (κ3) is 4.99. The standard InChI is InChI=1S/C29H28N4O3S2/c1-4-32-25-17-11-20(3)19-21(25)12-18-26(32)27-28(34)33(5-2)29(37-27)30-22-13-15-23(16-14-22)31-38(35,36)24-9-7-6-8-10-24/h6-19,31H,4-5H2,1-3H3. The van der Waals surface area contributed by atoms with Gasteiger partial charge in [0.2, 0.25) is 0 Å². The molecule has 0 saturated carbocycles. The van der Waals surface area contributed by atoms with E-state index in [-0.39, 0.29) is 10.8 Å². The van der Waals surface area contributed by atoms with Crippen LogP contribution in [0.1, 0.15) is 25.0 Å². The van der Waals surface area contributed by atoms with E-state index in [9.17, 15) is 13.2 Å². The van der Waals surface area contributed by atoms with Gasteiger partial charge >= 0.3 is 0 Å². The van der Waals surface area contributed by atoms with Crippen molar-refractivity contribution in [1.29, 1.82) is 0 Å². The van der Waals surface area contributed by atoms with Gasteiger partial charge in [-0.25, -0.2) is 13.4 Å². The molecule has 2 aliphatic rings. The maximum atomic E-state index is 13.4. The fourth-order valence-electron chi connectivity index (χ4n) is 4.43. The second kappa shape index (κ2) is 10.5. The van der Waals surface area contributed by atoms with Crippen molar-refractivity contribution in [3.63, 3.8) is 0 Å². The van der Waals surface area contributed by atoms with E-state index in [1.165, 1.54) is 17.3 Å². The molecule has 2 aliphatic heterocycles. The van der Waals surface area contributed by atoms with Gasteiger partial charge in [-0.15, -0.1) is 0 Å². The highest BCUT2D eigenvalue weighted by atomic mass is 32.2. The SMILES string of the molecule is CCN1C(=O)C(=C2C=Cc3cc(C)ccc3N2CC)SC1=Nc1ccc(NS(=O)(=O)c2ccccc2)cc1. The van der Waals surface area contributed by atoms with E-state index >= 15 is 0 Å². The highest BCUT2D eigenvalue weighted by molar-refractivity contribution is 8.18. The normalized spacial score (nSPS) is 18.3. The zero-order chi connectivity index (χ0) is 26.9. The number of aliphatic imine (C=N–C) groups is 1. The Hall–Kier alpha value is -3.82. The van der Waals surface area contributed by atoms with Crippen molar-refractivity contribution in [2.24, 2.45) is 4.99 Å². The summed E-state index contributed by atoms with van der Waals surface area (Å²) in [4.78, 5) is 22.9. The molecule has 3 aromatic rings. The van der Waals surface area contributed by atoms with Crippen LogP contribution >= 0.6 is 11.8 Å². The molecule has 9 heteroatoms. The van der Waals surface area contributed by atoms with Gasteiger partial charge in [0, 0.05) is 24.5 Å². The number of sulfonamides is 1. The fourth-order valence-corrected chi connectivity index (χ4v) is 6.65. The number of amidine groups is 1. The summed E-state index contributed by atoms with van der Waals surface area (Å²) >= 11 is 1.36. The molecule has 0 bridgehead atoms. The summed E-state index contributed by atoms with van der Waals surface area (Å²) in [7, 11) is -3.68. The predicted molar refractivity (Wildman–Crippen MR) is 156 cm³/mol. The summed E-state index contributed by atoms with van der Waals surface area (Å²) in [5, 5.41) is 0.594. The smallest absolute Gasteiger partial charge is 0.268 e. The second-order valence-corrected chi connectivity index (χ2v) is 11.5. The summed E-state index contributed by atoms with van der Waals surface area (Å²) in [6.45, 7) is 7.29. The molecule has 0 radical (unpaired) electrons. The Morgan fingerprint density at radius 1 is 0.895 bits per heavy atom. The average Bonchev–Trinajstić information content (AvgIpc) is 3.23. The lowest BCUT2D eigenvalue weighted by Crippen LogP contribution is -2.30. The Morgan fingerprint density at radius 3 is 2.29 bits per heavy atom. The number of nitrogens with one attached hydrogen (secondary N) is 1. The van der Waals surface area contributed by atoms with Gasteiger partial charge in [-0.05, 0) is 92.7 Å². The minimum atomic E-state index is -3.68. The van der Waals surface area contributed by atoms with Crippen molar-refractivity contribution in [3.05, 3.63) is 101 Å². The first-order valence-electron chi connectivity index (χ1n) is 12.4. The monoisotopic (exact) mass is 544 g/mol. The lowest BCUT2D eigenvalue weighted by atomic mass is 10.0. The van der Waals surface area contributed by atoms with Crippen LogP contribution in [0, 0.1) is 6.92 Å². The molecule has 1 fully saturated rings. The van der Waals surface area contributed by atoms with E-state index in [4.69, 9.17) is 4.99 Å². The van der Waals surface area contributed by atoms with Crippen molar-refractivity contribution in [2.75, 3.05) is 22.7 Å². The summed E-state index contributed by atoms with van der Waals surface area (Å²) in [5.74, 6) is -0.0721. The molecule has 3 aromatic carbocycles. The van der Waals surface area contributed by atoms with Crippen LogP contribution in [0.4, 0.5) is 17.1 Å². The van der Waals surface area contributed by atoms with E-state index in [1.807, 2.05) is 13.0 Å². The van der Waals surface area contributed by atoms with Crippen LogP contribution in [0.15, 0.2) is 99.4 Å². The minimum Gasteiger partial charge on any atom is -0.340 e. The molecule has 5 rings (SSSR count). The number of rotatable bonds is 6. The third-order valence-corrected chi connectivity index (χ3v) is 8.79. The number of aryl methyl sites for hydroxylation is 1. The van der Waals surface area contributed by atoms with Crippen LogP contribution in [-0.2, 0) is 14.8 Å². The highest BCUT2D eigenvalue weighted by Gasteiger charge is 2.36. The Balaban J connectivity index is 1.41. The van der Waals surface area contributed by atoms with Gasteiger partial charge in [0.25, 0.3) is 15.9 Å². The van der Waals surface area contributed by atoms with Gasteiger partial charge in [0.05, 0.1) is 16.3 Å². The molecule has 38 heavy (non-hydrogen) atoms. The number of hydrogen-bond donors (Lipinski definition) is 1. The number of thioether (sulfide) groups is 1. The van der Waals surface area contributed by atoms with Crippen LogP contribution in [-0.4, -0.2) is 37.5 Å². The average molecular weight is 545 g/mol. The Bertz CT molecular complexity index is 1580. The summed E-state index contributed by atoms with van der Waals surface area (Å²) < 4.78 is 27.8. The molecule has 0 aromatic heterocycles.